The van der Waals surface area contributed by atoms with Crippen LogP contribution in [0, 0.1) is 0 Å². The van der Waals surface area contributed by atoms with Crippen molar-refractivity contribution in [2.45, 2.75) is 10.9 Å². The Morgan fingerprint density at radius 1 is 1.25 bits per heavy atom. The molecule has 0 aliphatic carbocycles. The molecule has 0 aliphatic heterocycles. The number of rotatable bonds is 4. The lowest BCUT2D eigenvalue weighted by Crippen LogP contribution is -2.00. The van der Waals surface area contributed by atoms with Crippen LogP contribution in [0.1, 0.15) is 5.82 Å². The van der Waals surface area contributed by atoms with E-state index in [1.165, 1.54) is 11.8 Å². The summed E-state index contributed by atoms with van der Waals surface area (Å²) in [5, 5.41) is 13.2. The van der Waals surface area contributed by atoms with Gasteiger partial charge < -0.3 is 4.57 Å². The van der Waals surface area contributed by atoms with Crippen LogP contribution in [0.25, 0.3) is 5.69 Å². The lowest BCUT2D eigenvalue weighted by Gasteiger charge is -2.04. The third-order valence-corrected chi connectivity index (χ3v) is 3.93. The molecule has 102 valence electrons. The molecular weight excluding hydrogens is 296 g/mol. The molecule has 0 radical (unpaired) electrons. The minimum absolute atomic E-state index is 0.684. The highest BCUT2D eigenvalue weighted by Crippen LogP contribution is 2.22. The van der Waals surface area contributed by atoms with Gasteiger partial charge >= 0.3 is 0 Å². The van der Waals surface area contributed by atoms with Crippen LogP contribution in [0.4, 0.5) is 0 Å². The predicted octanol–water partition coefficient (Wildman–Crippen LogP) is 2.34. The zero-order valence-electron chi connectivity index (χ0n) is 10.6. The quantitative estimate of drug-likeness (QED) is 0.692. The lowest BCUT2D eigenvalue weighted by atomic mass is 10.3. The zero-order chi connectivity index (χ0) is 13.9. The standard InChI is InChI=1S/C12H11ClN6S/c1-18-7-6-14-11(18)8-20-12-15-16-17-19(12)10-4-2-9(13)3-5-10/h2-7H,8H2,1H3. The van der Waals surface area contributed by atoms with Crippen LogP contribution in [0.15, 0.2) is 41.8 Å². The second kappa shape index (κ2) is 5.64. The van der Waals surface area contributed by atoms with Gasteiger partial charge in [-0.25, -0.2) is 4.98 Å². The number of nitrogens with zero attached hydrogens (tertiary/aromatic N) is 6. The van der Waals surface area contributed by atoms with E-state index in [4.69, 9.17) is 11.6 Å². The summed E-state index contributed by atoms with van der Waals surface area (Å²) >= 11 is 7.42. The van der Waals surface area contributed by atoms with E-state index in [0.717, 1.165) is 16.7 Å². The molecule has 8 heteroatoms. The number of imidazole rings is 1. The monoisotopic (exact) mass is 306 g/mol. The molecule has 20 heavy (non-hydrogen) atoms. The fourth-order valence-corrected chi connectivity index (χ4v) is 2.70. The smallest absolute Gasteiger partial charge is 0.214 e. The molecule has 0 saturated carbocycles. The largest absolute Gasteiger partial charge is 0.337 e. The minimum atomic E-state index is 0.684. The van der Waals surface area contributed by atoms with E-state index >= 15 is 0 Å². The Balaban J connectivity index is 1.80. The highest BCUT2D eigenvalue weighted by atomic mass is 35.5. The molecule has 3 aromatic rings. The van der Waals surface area contributed by atoms with Crippen LogP contribution in [0.3, 0.4) is 0 Å². The molecule has 0 aliphatic rings. The number of benzene rings is 1. The molecule has 0 N–H and O–H groups in total. The van der Waals surface area contributed by atoms with Crippen LogP contribution in [-0.4, -0.2) is 29.8 Å². The number of hydrogen-bond acceptors (Lipinski definition) is 5. The van der Waals surface area contributed by atoms with Gasteiger partial charge in [-0.2, -0.15) is 4.68 Å². The van der Waals surface area contributed by atoms with Gasteiger partial charge in [-0.15, -0.1) is 5.10 Å². The van der Waals surface area contributed by atoms with E-state index in [-0.39, 0.29) is 0 Å². The molecule has 0 atom stereocenters. The molecule has 2 heterocycles. The molecule has 0 fully saturated rings. The van der Waals surface area contributed by atoms with E-state index in [1.807, 2.05) is 42.1 Å². The third-order valence-electron chi connectivity index (χ3n) is 2.76. The van der Waals surface area contributed by atoms with Crippen molar-refractivity contribution in [3.63, 3.8) is 0 Å². The van der Waals surface area contributed by atoms with Gasteiger partial charge in [0.15, 0.2) is 0 Å². The highest BCUT2D eigenvalue weighted by Gasteiger charge is 2.10. The maximum atomic E-state index is 5.88. The maximum Gasteiger partial charge on any atom is 0.214 e. The first-order valence-electron chi connectivity index (χ1n) is 5.87. The summed E-state index contributed by atoms with van der Waals surface area (Å²) in [5.41, 5.74) is 0.877. The van der Waals surface area contributed by atoms with Gasteiger partial charge in [0.1, 0.15) is 5.82 Å². The number of hydrogen-bond donors (Lipinski definition) is 0. The molecule has 1 aromatic carbocycles. The molecule has 0 unspecified atom stereocenters. The van der Waals surface area contributed by atoms with Gasteiger partial charge in [-0.3, -0.25) is 0 Å². The van der Waals surface area contributed by atoms with Gasteiger partial charge in [0.05, 0.1) is 11.4 Å². The maximum absolute atomic E-state index is 5.88. The van der Waals surface area contributed by atoms with E-state index < -0.39 is 0 Å². The summed E-state index contributed by atoms with van der Waals surface area (Å²) in [7, 11) is 1.96. The number of halogens is 1. The Labute approximate surface area is 124 Å². The molecule has 0 spiro atoms. The summed E-state index contributed by atoms with van der Waals surface area (Å²) in [6.45, 7) is 0. The van der Waals surface area contributed by atoms with Crippen molar-refractivity contribution in [2.75, 3.05) is 0 Å². The average molecular weight is 307 g/mol. The second-order valence-corrected chi connectivity index (χ2v) is 5.47. The molecule has 0 saturated heterocycles. The Morgan fingerprint density at radius 3 is 2.75 bits per heavy atom. The Hall–Kier alpha value is -1.86. The third kappa shape index (κ3) is 2.68. The van der Waals surface area contributed by atoms with Crippen molar-refractivity contribution in [1.29, 1.82) is 0 Å². The van der Waals surface area contributed by atoms with Gasteiger partial charge in [-0.1, -0.05) is 23.4 Å². The summed E-state index contributed by atoms with van der Waals surface area (Å²) < 4.78 is 3.66. The summed E-state index contributed by atoms with van der Waals surface area (Å²) in [6, 6.07) is 7.38. The van der Waals surface area contributed by atoms with Crippen molar-refractivity contribution >= 4 is 23.4 Å². The first kappa shape index (κ1) is 13.1. The van der Waals surface area contributed by atoms with Crippen molar-refractivity contribution in [2.24, 2.45) is 7.05 Å². The first-order valence-corrected chi connectivity index (χ1v) is 7.24. The molecule has 2 aromatic heterocycles. The van der Waals surface area contributed by atoms with Gasteiger partial charge in [0.2, 0.25) is 5.16 Å². The average Bonchev–Trinajstić information content (AvgIpc) is 3.06. The molecular formula is C12H11ClN6S. The Morgan fingerprint density at radius 2 is 2.05 bits per heavy atom. The summed E-state index contributed by atoms with van der Waals surface area (Å²) in [6.07, 6.45) is 3.69. The van der Waals surface area contributed by atoms with Crippen molar-refractivity contribution in [1.82, 2.24) is 29.8 Å². The van der Waals surface area contributed by atoms with Gasteiger partial charge in [0.25, 0.3) is 0 Å². The molecule has 3 rings (SSSR count). The minimum Gasteiger partial charge on any atom is -0.337 e. The molecule has 0 amide bonds. The summed E-state index contributed by atoms with van der Waals surface area (Å²) in [5.74, 6) is 1.68. The van der Waals surface area contributed by atoms with Gasteiger partial charge in [0, 0.05) is 24.5 Å². The molecule has 0 bridgehead atoms. The SMILES string of the molecule is Cn1ccnc1CSc1nnnn1-c1ccc(Cl)cc1. The lowest BCUT2D eigenvalue weighted by molar-refractivity contribution is 0.755. The predicted molar refractivity (Wildman–Crippen MR) is 76.9 cm³/mol. The van der Waals surface area contributed by atoms with Crippen LogP contribution in [0.2, 0.25) is 5.02 Å². The fraction of sp³-hybridized carbons (Fsp3) is 0.167. The van der Waals surface area contributed by atoms with Crippen LogP contribution < -0.4 is 0 Å². The first-order chi connectivity index (χ1) is 9.74. The zero-order valence-corrected chi connectivity index (χ0v) is 12.2. The summed E-state index contributed by atoms with van der Waals surface area (Å²) in [4.78, 5) is 4.28. The van der Waals surface area contributed by atoms with Crippen molar-refractivity contribution in [3.05, 3.63) is 47.5 Å². The number of thioether (sulfide) groups is 1. The van der Waals surface area contributed by atoms with Crippen LogP contribution >= 0.6 is 23.4 Å². The van der Waals surface area contributed by atoms with E-state index in [9.17, 15) is 0 Å². The van der Waals surface area contributed by atoms with E-state index in [0.29, 0.717) is 10.8 Å². The van der Waals surface area contributed by atoms with E-state index in [1.54, 1.807) is 10.9 Å². The Kier molecular flexibility index (Phi) is 3.70. The normalized spacial score (nSPS) is 10.9. The fourth-order valence-electron chi connectivity index (χ4n) is 1.68. The molecule has 6 nitrogen and oxygen atoms in total. The second-order valence-electron chi connectivity index (χ2n) is 4.09. The van der Waals surface area contributed by atoms with Crippen molar-refractivity contribution in [3.8, 4) is 5.69 Å². The van der Waals surface area contributed by atoms with Gasteiger partial charge in [-0.05, 0) is 34.7 Å². The Bertz CT molecular complexity index is 705. The van der Waals surface area contributed by atoms with Crippen LogP contribution in [-0.2, 0) is 12.8 Å². The number of tetrazole rings is 1. The van der Waals surface area contributed by atoms with E-state index in [2.05, 4.69) is 20.5 Å². The highest BCUT2D eigenvalue weighted by molar-refractivity contribution is 7.98. The van der Waals surface area contributed by atoms with Crippen molar-refractivity contribution < 1.29 is 0 Å². The topological polar surface area (TPSA) is 61.4 Å². The number of aromatic nitrogens is 6. The van der Waals surface area contributed by atoms with Crippen LogP contribution in [0.5, 0.6) is 0 Å². The number of aryl methyl sites for hydroxylation is 1.